The summed E-state index contributed by atoms with van der Waals surface area (Å²) in [5, 5.41) is 9.36. The Kier molecular flexibility index (Phi) is 6.43. The van der Waals surface area contributed by atoms with Gasteiger partial charge in [-0.1, -0.05) is 0 Å². The minimum atomic E-state index is -1.20. The number of esters is 1. The minimum absolute atomic E-state index is 0.0432. The van der Waals surface area contributed by atoms with Crippen LogP contribution in [0.25, 0.3) is 11.6 Å². The molecule has 2 aromatic rings. The number of terminal acetylenes is 1. The summed E-state index contributed by atoms with van der Waals surface area (Å²) in [5.41, 5.74) is 3.11. The number of allylic oxidation sites excluding steroid dienone is 1. The second kappa shape index (κ2) is 9.38. The molecule has 1 aliphatic rings. The fourth-order valence-corrected chi connectivity index (χ4v) is 3.98. The van der Waals surface area contributed by atoms with E-state index in [-0.39, 0.29) is 11.3 Å². The zero-order chi connectivity index (χ0) is 19.8. The second-order valence-corrected chi connectivity index (χ2v) is 8.18. The van der Waals surface area contributed by atoms with Crippen molar-refractivity contribution in [3.63, 3.8) is 0 Å². The Morgan fingerprint density at radius 2 is 2.04 bits per heavy atom. The quantitative estimate of drug-likeness (QED) is 0.229. The Bertz CT molecular complexity index is 1070. The molecule has 1 aromatic heterocycles. The van der Waals surface area contributed by atoms with Crippen LogP contribution in [0.2, 0.25) is 0 Å². The average molecular weight is 477 g/mol. The zero-order valence-electron chi connectivity index (χ0n) is 14.2. The monoisotopic (exact) mass is 478 g/mol. The van der Waals surface area contributed by atoms with Crippen molar-refractivity contribution in [2.24, 2.45) is 0 Å². The third-order valence-electron chi connectivity index (χ3n) is 3.46. The first-order chi connectivity index (χ1) is 13.7. The molecule has 0 aliphatic carbocycles. The summed E-state index contributed by atoms with van der Waals surface area (Å²) in [5.74, 6) is 0.112. The molecule has 2 heterocycles. The molecule has 28 heavy (non-hydrogen) atoms. The number of hydrogen-bond acceptors (Lipinski definition) is 7. The molecule has 0 unspecified atom stereocenters. The van der Waals surface area contributed by atoms with Crippen LogP contribution in [0.5, 0.6) is 0 Å². The topological polar surface area (TPSA) is 93.7 Å². The summed E-state index contributed by atoms with van der Waals surface area (Å²) >= 11 is -1.20. The molecular weight excluding hydrogens is 467 g/mol. The Morgan fingerprint density at radius 3 is 2.71 bits per heavy atom. The summed E-state index contributed by atoms with van der Waals surface area (Å²) in [6, 6.07) is 12.8. The summed E-state index contributed by atoms with van der Waals surface area (Å²) < 4.78 is 14.5. The molecule has 0 spiro atoms. The van der Waals surface area contributed by atoms with Gasteiger partial charge in [0.05, 0.1) is 0 Å². The van der Waals surface area contributed by atoms with E-state index in [1.165, 1.54) is 6.26 Å². The van der Waals surface area contributed by atoms with E-state index in [1.807, 2.05) is 42.1 Å². The van der Waals surface area contributed by atoms with E-state index in [2.05, 4.69) is 19.7 Å². The molecule has 2 radical (unpaired) electrons. The summed E-state index contributed by atoms with van der Waals surface area (Å²) in [6.45, 7) is 0. The molecule has 1 N–H and O–H groups in total. The maximum atomic E-state index is 12.0. The van der Waals surface area contributed by atoms with Crippen LogP contribution in [0.4, 0.5) is 0 Å². The van der Waals surface area contributed by atoms with Crippen LogP contribution in [0.15, 0.2) is 58.4 Å². The van der Waals surface area contributed by atoms with E-state index in [0.717, 1.165) is 3.58 Å². The van der Waals surface area contributed by atoms with E-state index in [1.54, 1.807) is 18.2 Å². The van der Waals surface area contributed by atoms with Crippen molar-refractivity contribution in [3.05, 3.63) is 65.3 Å². The number of ether oxygens (including phenoxy) is 1. The number of furan rings is 1. The van der Waals surface area contributed by atoms with E-state index in [0.29, 0.717) is 16.9 Å². The molecular formula is C20H10N2O5Sn. The van der Waals surface area contributed by atoms with Gasteiger partial charge in [0, 0.05) is 0 Å². The van der Waals surface area contributed by atoms with Gasteiger partial charge in [0.1, 0.15) is 0 Å². The van der Waals surface area contributed by atoms with Crippen LogP contribution in [-0.2, 0) is 19.2 Å². The molecule has 0 atom stereocenters. The number of carbonyl (C=O) groups excluding carboxylic acids is 1. The Morgan fingerprint density at radius 1 is 1.21 bits per heavy atom. The summed E-state index contributed by atoms with van der Waals surface area (Å²) in [4.78, 5) is 21.0. The van der Waals surface area contributed by atoms with Gasteiger partial charge in [0.2, 0.25) is 0 Å². The SMILES string of the molecule is C#CONOC#[C][Sn][c]1ccc(C2=C(C#N)C(=O)O/C2=C\c2ccco2)cc1. The molecule has 0 saturated heterocycles. The number of rotatable bonds is 5. The van der Waals surface area contributed by atoms with Crippen molar-refractivity contribution < 1.29 is 23.6 Å². The first-order valence-electron chi connectivity index (χ1n) is 7.74. The number of hydrogen-bond donors (Lipinski definition) is 1. The van der Waals surface area contributed by atoms with Gasteiger partial charge < -0.3 is 0 Å². The molecule has 0 fully saturated rings. The second-order valence-electron chi connectivity index (χ2n) is 5.11. The number of benzene rings is 1. The van der Waals surface area contributed by atoms with Gasteiger partial charge in [-0.2, -0.15) is 0 Å². The van der Waals surface area contributed by atoms with Crippen molar-refractivity contribution in [1.82, 2.24) is 5.64 Å². The van der Waals surface area contributed by atoms with Crippen molar-refractivity contribution >= 4 is 42.3 Å². The van der Waals surface area contributed by atoms with E-state index < -0.39 is 27.1 Å². The van der Waals surface area contributed by atoms with Crippen molar-refractivity contribution in [3.8, 4) is 28.6 Å². The Labute approximate surface area is 170 Å². The van der Waals surface area contributed by atoms with Gasteiger partial charge in [-0.15, -0.1) is 0 Å². The number of cyclic esters (lactones) is 1. The zero-order valence-corrected chi connectivity index (χ0v) is 17.0. The molecule has 1 aliphatic heterocycles. The van der Waals surface area contributed by atoms with Crippen molar-refractivity contribution in [2.45, 2.75) is 0 Å². The van der Waals surface area contributed by atoms with E-state index in [4.69, 9.17) is 15.6 Å². The molecule has 0 bridgehead atoms. The summed E-state index contributed by atoms with van der Waals surface area (Å²) in [6.07, 6.45) is 12.3. The normalized spacial score (nSPS) is 13.9. The van der Waals surface area contributed by atoms with Crippen LogP contribution in [-0.4, -0.2) is 27.1 Å². The van der Waals surface area contributed by atoms with Crippen molar-refractivity contribution in [2.75, 3.05) is 0 Å². The van der Waals surface area contributed by atoms with Gasteiger partial charge in [0.25, 0.3) is 0 Å². The molecule has 8 heteroatoms. The first kappa shape index (κ1) is 19.2. The van der Waals surface area contributed by atoms with Gasteiger partial charge in [-0.3, -0.25) is 0 Å². The maximum absolute atomic E-state index is 12.0. The van der Waals surface area contributed by atoms with Gasteiger partial charge >= 0.3 is 171 Å². The van der Waals surface area contributed by atoms with Gasteiger partial charge in [-0.25, -0.2) is 0 Å². The summed E-state index contributed by atoms with van der Waals surface area (Å²) in [7, 11) is 0. The third-order valence-corrected chi connectivity index (χ3v) is 5.88. The number of carbonyl (C=O) groups is 1. The van der Waals surface area contributed by atoms with Crippen LogP contribution >= 0.6 is 0 Å². The third kappa shape index (κ3) is 4.57. The molecule has 1 aromatic carbocycles. The molecule has 7 nitrogen and oxygen atoms in total. The molecule has 0 saturated carbocycles. The molecule has 3 rings (SSSR count). The molecule has 0 amide bonds. The Balaban J connectivity index is 1.80. The number of nitriles is 1. The van der Waals surface area contributed by atoms with E-state index in [9.17, 15) is 10.1 Å². The van der Waals surface area contributed by atoms with Crippen LogP contribution in [0, 0.1) is 33.9 Å². The number of nitrogens with one attached hydrogen (secondary N) is 1. The van der Waals surface area contributed by atoms with Crippen molar-refractivity contribution in [1.29, 1.82) is 5.26 Å². The molecule has 134 valence electrons. The Hall–Kier alpha value is -3.58. The van der Waals surface area contributed by atoms with Gasteiger partial charge in [0.15, 0.2) is 0 Å². The standard InChI is InChI=1S/C16H8NO3.C4H2NO2.Sn/c17-10-13-15(11-5-2-1-3-6-11)14(20-16(13)18)9-12-7-4-8-19-12;1-3-6-5-7-4-2;/h2-9H;1,5H;/b14-9-;;. The average Bonchev–Trinajstić information content (AvgIpc) is 3.32. The predicted molar refractivity (Wildman–Crippen MR) is 99.1 cm³/mol. The fourth-order valence-electron chi connectivity index (χ4n) is 2.33. The van der Waals surface area contributed by atoms with E-state index >= 15 is 0 Å². The first-order valence-corrected chi connectivity index (χ1v) is 10.6. The number of nitrogens with zero attached hydrogens (tertiary/aromatic N) is 1. The van der Waals surface area contributed by atoms with Crippen LogP contribution < -0.4 is 9.22 Å². The van der Waals surface area contributed by atoms with Crippen LogP contribution in [0.1, 0.15) is 11.3 Å². The van der Waals surface area contributed by atoms with Gasteiger partial charge in [-0.05, 0) is 0 Å². The fraction of sp³-hybridized carbons (Fsp3) is 0. The predicted octanol–water partition coefficient (Wildman–Crippen LogP) is 1.45. The van der Waals surface area contributed by atoms with Crippen LogP contribution in [0.3, 0.4) is 0 Å².